The summed E-state index contributed by atoms with van der Waals surface area (Å²) in [6.07, 6.45) is 0. The van der Waals surface area contributed by atoms with Gasteiger partial charge in [-0.3, -0.25) is 0 Å². The second kappa shape index (κ2) is 8.16. The van der Waals surface area contributed by atoms with Gasteiger partial charge in [0.1, 0.15) is 0 Å². The van der Waals surface area contributed by atoms with Crippen molar-refractivity contribution in [2.75, 3.05) is 20.3 Å². The fraction of sp³-hybridized carbons (Fsp3) is 0.429. The van der Waals surface area contributed by atoms with Crippen molar-refractivity contribution in [3.05, 3.63) is 35.9 Å². The molecule has 2 atom stereocenters. The number of aliphatic carboxylic acids is 1. The van der Waals surface area contributed by atoms with Crippen molar-refractivity contribution in [2.24, 2.45) is 5.92 Å². The molecule has 0 fully saturated rings. The number of benzene rings is 1. The van der Waals surface area contributed by atoms with Crippen LogP contribution in [0.1, 0.15) is 18.5 Å². The van der Waals surface area contributed by atoms with E-state index in [1.54, 1.807) is 37.4 Å². The average Bonchev–Trinajstić information content (AvgIpc) is 2.43. The molecule has 0 spiro atoms. The summed E-state index contributed by atoms with van der Waals surface area (Å²) in [5, 5.41) is 14.2. The second-order valence-corrected chi connectivity index (χ2v) is 4.60. The standard InChI is InChI=1S/C14H20N2O4/c1-10(9-20-2)8-15-14(19)16-12(13(17)18)11-6-4-3-5-7-11/h3-7,10,12H,8-9H2,1-2H3,(H,17,18)(H2,15,16,19). The predicted molar refractivity (Wildman–Crippen MR) is 74.4 cm³/mol. The Kier molecular flexibility index (Phi) is 6.52. The molecule has 1 rings (SSSR count). The van der Waals surface area contributed by atoms with Crippen LogP contribution in [0.25, 0.3) is 0 Å². The maximum absolute atomic E-state index is 11.7. The molecule has 0 radical (unpaired) electrons. The number of carboxylic acids is 1. The Bertz CT molecular complexity index is 436. The zero-order chi connectivity index (χ0) is 15.0. The van der Waals surface area contributed by atoms with Crippen LogP contribution in [0, 0.1) is 5.92 Å². The van der Waals surface area contributed by atoms with E-state index in [0.29, 0.717) is 18.7 Å². The van der Waals surface area contributed by atoms with Crippen LogP contribution in [0.3, 0.4) is 0 Å². The van der Waals surface area contributed by atoms with Crippen molar-refractivity contribution in [3.63, 3.8) is 0 Å². The number of amides is 2. The number of rotatable bonds is 7. The average molecular weight is 280 g/mol. The topological polar surface area (TPSA) is 87.7 Å². The Labute approximate surface area is 118 Å². The van der Waals surface area contributed by atoms with Gasteiger partial charge < -0.3 is 20.5 Å². The van der Waals surface area contributed by atoms with E-state index in [0.717, 1.165) is 0 Å². The zero-order valence-corrected chi connectivity index (χ0v) is 11.6. The molecule has 0 aliphatic heterocycles. The van der Waals surface area contributed by atoms with Crippen molar-refractivity contribution in [1.82, 2.24) is 10.6 Å². The SMILES string of the molecule is COCC(C)CNC(=O)NC(C(=O)O)c1ccccc1. The van der Waals surface area contributed by atoms with E-state index in [4.69, 9.17) is 4.74 Å². The van der Waals surface area contributed by atoms with Crippen molar-refractivity contribution in [2.45, 2.75) is 13.0 Å². The molecule has 0 saturated carbocycles. The number of nitrogens with one attached hydrogen (secondary N) is 2. The molecule has 20 heavy (non-hydrogen) atoms. The maximum Gasteiger partial charge on any atom is 0.330 e. The first-order valence-corrected chi connectivity index (χ1v) is 6.35. The molecule has 3 N–H and O–H groups in total. The highest BCUT2D eigenvalue weighted by atomic mass is 16.5. The molecule has 0 bridgehead atoms. The Morgan fingerprint density at radius 1 is 1.30 bits per heavy atom. The van der Waals surface area contributed by atoms with Crippen LogP contribution in [0.4, 0.5) is 4.79 Å². The highest BCUT2D eigenvalue weighted by Crippen LogP contribution is 2.12. The van der Waals surface area contributed by atoms with Gasteiger partial charge in [-0.05, 0) is 11.5 Å². The third-order valence-electron chi connectivity index (χ3n) is 2.72. The molecule has 6 nitrogen and oxygen atoms in total. The monoisotopic (exact) mass is 280 g/mol. The zero-order valence-electron chi connectivity index (χ0n) is 11.6. The van der Waals surface area contributed by atoms with Crippen LogP contribution >= 0.6 is 0 Å². The molecule has 2 unspecified atom stereocenters. The van der Waals surface area contributed by atoms with Crippen LogP contribution in [0.5, 0.6) is 0 Å². The Balaban J connectivity index is 2.55. The number of hydrogen-bond acceptors (Lipinski definition) is 3. The summed E-state index contributed by atoms with van der Waals surface area (Å²) in [4.78, 5) is 22.9. The van der Waals surface area contributed by atoms with E-state index >= 15 is 0 Å². The van der Waals surface area contributed by atoms with Gasteiger partial charge in [-0.25, -0.2) is 9.59 Å². The summed E-state index contributed by atoms with van der Waals surface area (Å²) < 4.78 is 4.96. The third-order valence-corrected chi connectivity index (χ3v) is 2.72. The fourth-order valence-corrected chi connectivity index (χ4v) is 1.73. The lowest BCUT2D eigenvalue weighted by molar-refractivity contribution is -0.139. The maximum atomic E-state index is 11.7. The van der Waals surface area contributed by atoms with Crippen LogP contribution in [-0.4, -0.2) is 37.4 Å². The van der Waals surface area contributed by atoms with E-state index in [-0.39, 0.29) is 5.92 Å². The van der Waals surface area contributed by atoms with E-state index < -0.39 is 18.0 Å². The molecule has 6 heteroatoms. The molecule has 0 heterocycles. The minimum Gasteiger partial charge on any atom is -0.479 e. The predicted octanol–water partition coefficient (Wildman–Crippen LogP) is 1.39. The van der Waals surface area contributed by atoms with Gasteiger partial charge in [0.05, 0.1) is 6.61 Å². The minimum atomic E-state index is -1.10. The smallest absolute Gasteiger partial charge is 0.330 e. The van der Waals surface area contributed by atoms with Crippen LogP contribution < -0.4 is 10.6 Å². The summed E-state index contributed by atoms with van der Waals surface area (Å²) in [5.74, 6) is -0.943. The molecule has 0 saturated heterocycles. The summed E-state index contributed by atoms with van der Waals surface area (Å²) in [7, 11) is 1.59. The van der Waals surface area contributed by atoms with Gasteiger partial charge in [-0.1, -0.05) is 37.3 Å². The number of ether oxygens (including phenoxy) is 1. The molecular formula is C14H20N2O4. The summed E-state index contributed by atoms with van der Waals surface area (Å²) >= 11 is 0. The number of carbonyl (C=O) groups is 2. The number of carboxylic acid groups (broad SMARTS) is 1. The van der Waals surface area contributed by atoms with Gasteiger partial charge in [-0.15, -0.1) is 0 Å². The van der Waals surface area contributed by atoms with Crippen molar-refractivity contribution >= 4 is 12.0 Å². The van der Waals surface area contributed by atoms with Gasteiger partial charge >= 0.3 is 12.0 Å². The molecule has 110 valence electrons. The van der Waals surface area contributed by atoms with Crippen LogP contribution in [0.2, 0.25) is 0 Å². The molecular weight excluding hydrogens is 260 g/mol. The molecule has 1 aromatic carbocycles. The van der Waals surface area contributed by atoms with E-state index in [9.17, 15) is 14.7 Å². The third kappa shape index (κ3) is 5.27. The molecule has 0 aliphatic rings. The molecule has 0 aromatic heterocycles. The number of methoxy groups -OCH3 is 1. The first-order valence-electron chi connectivity index (χ1n) is 6.35. The quantitative estimate of drug-likeness (QED) is 0.704. The van der Waals surface area contributed by atoms with Gasteiger partial charge in [0.2, 0.25) is 0 Å². The van der Waals surface area contributed by atoms with Gasteiger partial charge in [0.15, 0.2) is 6.04 Å². The lowest BCUT2D eigenvalue weighted by Gasteiger charge is -2.17. The van der Waals surface area contributed by atoms with Gasteiger partial charge in [0, 0.05) is 13.7 Å². The highest BCUT2D eigenvalue weighted by molar-refractivity contribution is 5.83. The fourth-order valence-electron chi connectivity index (χ4n) is 1.73. The largest absolute Gasteiger partial charge is 0.479 e. The Morgan fingerprint density at radius 2 is 1.95 bits per heavy atom. The Morgan fingerprint density at radius 3 is 2.50 bits per heavy atom. The van der Waals surface area contributed by atoms with Crippen molar-refractivity contribution in [1.29, 1.82) is 0 Å². The van der Waals surface area contributed by atoms with Crippen LogP contribution in [0.15, 0.2) is 30.3 Å². The summed E-state index contributed by atoms with van der Waals surface area (Å²) in [6, 6.07) is 6.99. The molecule has 1 aromatic rings. The first kappa shape index (κ1) is 16.0. The first-order chi connectivity index (χ1) is 9.54. The lowest BCUT2D eigenvalue weighted by atomic mass is 10.1. The van der Waals surface area contributed by atoms with Crippen molar-refractivity contribution < 1.29 is 19.4 Å². The number of urea groups is 1. The molecule has 2 amide bonds. The van der Waals surface area contributed by atoms with E-state index in [2.05, 4.69) is 10.6 Å². The lowest BCUT2D eigenvalue weighted by Crippen LogP contribution is -2.42. The highest BCUT2D eigenvalue weighted by Gasteiger charge is 2.21. The second-order valence-electron chi connectivity index (χ2n) is 4.60. The van der Waals surface area contributed by atoms with Gasteiger partial charge in [-0.2, -0.15) is 0 Å². The summed E-state index contributed by atoms with van der Waals surface area (Å²) in [6.45, 7) is 2.87. The van der Waals surface area contributed by atoms with Crippen LogP contribution in [-0.2, 0) is 9.53 Å². The Hall–Kier alpha value is -2.08. The number of hydrogen-bond donors (Lipinski definition) is 3. The summed E-state index contributed by atoms with van der Waals surface area (Å²) in [5.41, 5.74) is 0.528. The normalized spacial score (nSPS) is 13.3. The van der Waals surface area contributed by atoms with Gasteiger partial charge in [0.25, 0.3) is 0 Å². The molecule has 0 aliphatic carbocycles. The van der Waals surface area contributed by atoms with E-state index in [1.807, 2.05) is 6.92 Å². The van der Waals surface area contributed by atoms with Crippen molar-refractivity contribution in [3.8, 4) is 0 Å². The number of carbonyl (C=O) groups excluding carboxylic acids is 1. The minimum absolute atomic E-state index is 0.158. The van der Waals surface area contributed by atoms with E-state index in [1.165, 1.54) is 0 Å².